The third-order valence-corrected chi connectivity index (χ3v) is 9.20. The van der Waals surface area contributed by atoms with Gasteiger partial charge in [-0.25, -0.2) is 4.89 Å². The van der Waals surface area contributed by atoms with E-state index in [0.717, 1.165) is 32.1 Å². The minimum absolute atomic E-state index is 0.172. The summed E-state index contributed by atoms with van der Waals surface area (Å²) in [6.45, 7) is -0.531. The Morgan fingerprint density at radius 2 is 1.76 bits per heavy atom. The molecule has 1 aromatic rings. The molecular formula is C24H31ClO9. The first kappa shape index (κ1) is 23.4. The number of methoxy groups -OCH3 is 1. The molecule has 34 heavy (non-hydrogen) atoms. The summed E-state index contributed by atoms with van der Waals surface area (Å²) in [7, 11) is 1.61. The summed E-state index contributed by atoms with van der Waals surface area (Å²) in [5, 5.41) is 39.9. The summed E-state index contributed by atoms with van der Waals surface area (Å²) >= 11 is 6.96. The molecule has 4 aliphatic carbocycles. The van der Waals surface area contributed by atoms with Gasteiger partial charge in [-0.2, -0.15) is 4.89 Å². The predicted molar refractivity (Wildman–Crippen MR) is 117 cm³/mol. The van der Waals surface area contributed by atoms with Crippen molar-refractivity contribution in [1.82, 2.24) is 0 Å². The van der Waals surface area contributed by atoms with E-state index >= 15 is 0 Å². The second-order valence-electron chi connectivity index (χ2n) is 10.6. The van der Waals surface area contributed by atoms with Crippen LogP contribution in [0.25, 0.3) is 0 Å². The molecule has 4 saturated carbocycles. The SMILES string of the molecule is COC1(c2cccc(O[C@@H]3O[C@H](CO)[C@H](O)[C@H](O)[C@H]3O)c2)OOC12C1CC3CC2CC(Cl)(C3)C1. The number of halogens is 1. The molecular weight excluding hydrogens is 468 g/mol. The molecule has 1 aromatic carbocycles. The fraction of sp³-hybridized carbons (Fsp3) is 0.750. The molecule has 188 valence electrons. The highest BCUT2D eigenvalue weighted by Gasteiger charge is 2.78. The molecule has 10 heteroatoms. The van der Waals surface area contributed by atoms with Crippen molar-refractivity contribution in [3.63, 3.8) is 0 Å². The molecule has 0 aromatic heterocycles. The molecule has 0 amide bonds. The van der Waals surface area contributed by atoms with Gasteiger partial charge >= 0.3 is 0 Å². The molecule has 4 N–H and O–H groups in total. The highest BCUT2D eigenvalue weighted by molar-refractivity contribution is 6.24. The van der Waals surface area contributed by atoms with E-state index in [4.69, 9.17) is 35.6 Å². The van der Waals surface area contributed by atoms with E-state index in [9.17, 15) is 20.4 Å². The number of hydrogen-bond acceptors (Lipinski definition) is 9. The van der Waals surface area contributed by atoms with Crippen molar-refractivity contribution >= 4 is 11.6 Å². The number of aliphatic hydroxyl groups excluding tert-OH is 4. The smallest absolute Gasteiger partial charge is 0.260 e. The number of rotatable bonds is 5. The van der Waals surface area contributed by atoms with Crippen molar-refractivity contribution in [2.24, 2.45) is 17.8 Å². The lowest BCUT2D eigenvalue weighted by Gasteiger charge is -2.70. The van der Waals surface area contributed by atoms with E-state index in [0.29, 0.717) is 17.2 Å². The minimum atomic E-state index is -1.52. The van der Waals surface area contributed by atoms with Gasteiger partial charge < -0.3 is 34.6 Å². The van der Waals surface area contributed by atoms with E-state index < -0.39 is 48.7 Å². The Kier molecular flexibility index (Phi) is 5.50. The van der Waals surface area contributed by atoms with E-state index in [-0.39, 0.29) is 16.7 Å². The lowest BCUT2D eigenvalue weighted by atomic mass is 9.46. The first-order chi connectivity index (χ1) is 16.2. The highest BCUT2D eigenvalue weighted by Crippen LogP contribution is 2.71. The molecule has 6 aliphatic rings. The quantitative estimate of drug-likeness (QED) is 0.349. The zero-order valence-corrected chi connectivity index (χ0v) is 19.6. The summed E-state index contributed by atoms with van der Waals surface area (Å²) in [6, 6.07) is 7.10. The van der Waals surface area contributed by atoms with Gasteiger partial charge in [-0.1, -0.05) is 12.1 Å². The van der Waals surface area contributed by atoms with Gasteiger partial charge in [0.15, 0.2) is 5.60 Å². The average Bonchev–Trinajstić information content (AvgIpc) is 2.78. The van der Waals surface area contributed by atoms with Crippen LogP contribution in [0, 0.1) is 17.8 Å². The van der Waals surface area contributed by atoms with Gasteiger partial charge in [0.1, 0.15) is 30.2 Å². The summed E-state index contributed by atoms with van der Waals surface area (Å²) < 4.78 is 17.4. The van der Waals surface area contributed by atoms with E-state index in [2.05, 4.69) is 0 Å². The number of ether oxygens (including phenoxy) is 3. The Hall–Kier alpha value is -1.01. The van der Waals surface area contributed by atoms with Crippen LogP contribution in [0.15, 0.2) is 24.3 Å². The summed E-state index contributed by atoms with van der Waals surface area (Å²) in [4.78, 5) is 11.6. The second-order valence-corrected chi connectivity index (χ2v) is 11.4. The van der Waals surface area contributed by atoms with Crippen LogP contribution in [0.1, 0.15) is 37.7 Å². The molecule has 0 radical (unpaired) electrons. The van der Waals surface area contributed by atoms with E-state index in [1.165, 1.54) is 0 Å². The van der Waals surface area contributed by atoms with Crippen LogP contribution in [0.2, 0.25) is 0 Å². The number of hydrogen-bond donors (Lipinski definition) is 4. The van der Waals surface area contributed by atoms with Crippen molar-refractivity contribution in [3.8, 4) is 5.75 Å². The first-order valence-electron chi connectivity index (χ1n) is 11.9. The number of benzene rings is 1. The molecule has 8 atom stereocenters. The Balaban J connectivity index is 1.29. The predicted octanol–water partition coefficient (Wildman–Crippen LogP) is 1.18. The minimum Gasteiger partial charge on any atom is -0.462 e. The van der Waals surface area contributed by atoms with Gasteiger partial charge in [0, 0.05) is 17.5 Å². The lowest BCUT2D eigenvalue weighted by Crippen LogP contribution is -2.78. The molecule has 2 saturated heterocycles. The number of alkyl halides is 1. The van der Waals surface area contributed by atoms with Crippen molar-refractivity contribution in [3.05, 3.63) is 29.8 Å². The fourth-order valence-electron chi connectivity index (χ4n) is 7.42. The van der Waals surface area contributed by atoms with Crippen LogP contribution in [0.5, 0.6) is 5.75 Å². The van der Waals surface area contributed by atoms with Crippen molar-refractivity contribution in [2.75, 3.05) is 13.7 Å². The maximum absolute atomic E-state index is 10.4. The maximum atomic E-state index is 10.4. The van der Waals surface area contributed by atoms with Gasteiger partial charge in [-0.15, -0.1) is 11.6 Å². The van der Waals surface area contributed by atoms with Crippen LogP contribution in [-0.2, 0) is 25.0 Å². The van der Waals surface area contributed by atoms with Crippen molar-refractivity contribution < 1.29 is 44.4 Å². The van der Waals surface area contributed by atoms with E-state index in [1.807, 2.05) is 6.07 Å². The molecule has 7 rings (SSSR count). The van der Waals surface area contributed by atoms with Crippen LogP contribution in [-0.4, -0.2) is 75.3 Å². The molecule has 9 nitrogen and oxygen atoms in total. The Morgan fingerprint density at radius 3 is 2.35 bits per heavy atom. The molecule has 6 fully saturated rings. The zero-order valence-electron chi connectivity index (χ0n) is 18.9. The fourth-order valence-corrected chi connectivity index (χ4v) is 8.01. The lowest BCUT2D eigenvalue weighted by molar-refractivity contribution is -0.645. The standard InChI is InChI=1S/C24H31ClO9/c1-30-24(23(33-34-24)14-5-12-6-15(23)10-22(25,8-12)9-14)13-3-2-4-16(7-13)31-21-20(29)19(28)18(27)17(11-26)32-21/h2-4,7,12,14-15,17-21,26-29H,5-6,8-11H2,1H3/t12?,14?,15?,17-,18+,19+,20-,21-,22?,23?,24?/m1/s1. The normalized spacial score (nSPS) is 51.5. The summed E-state index contributed by atoms with van der Waals surface area (Å²) in [6.07, 6.45) is -1.99. The van der Waals surface area contributed by atoms with Crippen LogP contribution in [0.4, 0.5) is 0 Å². The Morgan fingerprint density at radius 1 is 1.03 bits per heavy atom. The zero-order chi connectivity index (χ0) is 23.9. The summed E-state index contributed by atoms with van der Waals surface area (Å²) in [5.41, 5.74) is 0.0678. The topological polar surface area (TPSA) is 127 Å². The molecule has 2 heterocycles. The first-order valence-corrected chi connectivity index (χ1v) is 12.3. The van der Waals surface area contributed by atoms with Gasteiger partial charge in [0.25, 0.3) is 5.79 Å². The van der Waals surface area contributed by atoms with Crippen molar-refractivity contribution in [2.45, 2.75) is 79.1 Å². The molecule has 3 unspecified atom stereocenters. The monoisotopic (exact) mass is 498 g/mol. The average molecular weight is 499 g/mol. The second kappa shape index (κ2) is 7.99. The molecule has 4 bridgehead atoms. The van der Waals surface area contributed by atoms with Crippen LogP contribution < -0.4 is 4.74 Å². The third kappa shape index (κ3) is 3.09. The third-order valence-electron chi connectivity index (χ3n) is 8.74. The van der Waals surface area contributed by atoms with E-state index in [1.54, 1.807) is 25.3 Å². The van der Waals surface area contributed by atoms with Gasteiger partial charge in [-0.05, 0) is 62.0 Å². The van der Waals surface area contributed by atoms with Gasteiger partial charge in [0.05, 0.1) is 6.61 Å². The summed E-state index contributed by atoms with van der Waals surface area (Å²) in [5.74, 6) is 0.235. The van der Waals surface area contributed by atoms with Crippen LogP contribution in [0.3, 0.4) is 0 Å². The molecule has 2 aliphatic heterocycles. The highest BCUT2D eigenvalue weighted by atomic mass is 35.5. The van der Waals surface area contributed by atoms with Crippen molar-refractivity contribution in [1.29, 1.82) is 0 Å². The molecule has 1 spiro atoms. The largest absolute Gasteiger partial charge is 0.462 e. The Bertz CT molecular complexity index is 923. The maximum Gasteiger partial charge on any atom is 0.260 e. The number of aliphatic hydroxyl groups is 4. The van der Waals surface area contributed by atoms with Gasteiger partial charge in [-0.3, -0.25) is 0 Å². The Labute approximate surface area is 202 Å². The van der Waals surface area contributed by atoms with Crippen LogP contribution >= 0.6 is 11.6 Å². The van der Waals surface area contributed by atoms with Gasteiger partial charge in [0.2, 0.25) is 6.29 Å².